The maximum atomic E-state index is 11.1. The summed E-state index contributed by atoms with van der Waals surface area (Å²) in [6, 6.07) is 0. The summed E-state index contributed by atoms with van der Waals surface area (Å²) < 4.78 is 10.1. The zero-order valence-corrected chi connectivity index (χ0v) is 10.8. The Morgan fingerprint density at radius 2 is 2.06 bits per heavy atom. The lowest BCUT2D eigenvalue weighted by molar-refractivity contribution is -0.137. The maximum Gasteiger partial charge on any atom is 0.334 e. The summed E-state index contributed by atoms with van der Waals surface area (Å²) in [7, 11) is 0. The fraction of sp³-hybridized carbons (Fsp3) is 0.615. The van der Waals surface area contributed by atoms with Crippen molar-refractivity contribution in [2.24, 2.45) is 0 Å². The zero-order valence-electron chi connectivity index (χ0n) is 10.8. The van der Waals surface area contributed by atoms with E-state index in [9.17, 15) is 9.90 Å². The standard InChI is InChI=1S/C13H20O4/c1-5-12(14)8-7-10(3)17-11(4)9-13(15)16-6-2/h9-10,12,14H,5-6H2,1-4H3/b11-9+. The Balaban J connectivity index is 4.22. The van der Waals surface area contributed by atoms with E-state index in [2.05, 4.69) is 11.8 Å². The van der Waals surface area contributed by atoms with Gasteiger partial charge in [0, 0.05) is 0 Å². The molecule has 0 spiro atoms. The van der Waals surface area contributed by atoms with E-state index < -0.39 is 12.1 Å². The third-order valence-corrected chi connectivity index (χ3v) is 1.81. The van der Waals surface area contributed by atoms with Crippen LogP contribution in [-0.4, -0.2) is 29.9 Å². The fourth-order valence-electron chi connectivity index (χ4n) is 1.01. The van der Waals surface area contributed by atoms with Gasteiger partial charge in [0.25, 0.3) is 0 Å². The van der Waals surface area contributed by atoms with Gasteiger partial charge in [-0.05, 0) is 27.2 Å². The minimum Gasteiger partial charge on any atom is -0.482 e. The molecule has 0 aliphatic rings. The number of esters is 1. The number of rotatable bonds is 5. The molecule has 0 saturated heterocycles. The Morgan fingerprint density at radius 1 is 1.41 bits per heavy atom. The molecular formula is C13H20O4. The molecule has 96 valence electrons. The molecule has 0 heterocycles. The van der Waals surface area contributed by atoms with E-state index in [0.717, 1.165) is 0 Å². The summed E-state index contributed by atoms with van der Waals surface area (Å²) in [4.78, 5) is 11.1. The number of ether oxygens (including phenoxy) is 2. The molecule has 0 aliphatic heterocycles. The number of hydrogen-bond acceptors (Lipinski definition) is 4. The van der Waals surface area contributed by atoms with Crippen LogP contribution in [0.4, 0.5) is 0 Å². The summed E-state index contributed by atoms with van der Waals surface area (Å²) in [5.41, 5.74) is 0. The second kappa shape index (κ2) is 8.66. The number of hydrogen-bond donors (Lipinski definition) is 1. The monoisotopic (exact) mass is 240 g/mol. The van der Waals surface area contributed by atoms with E-state index in [1.807, 2.05) is 6.92 Å². The molecule has 4 nitrogen and oxygen atoms in total. The molecule has 0 aromatic heterocycles. The quantitative estimate of drug-likeness (QED) is 0.343. The first-order valence-electron chi connectivity index (χ1n) is 5.70. The average Bonchev–Trinajstić information content (AvgIpc) is 2.25. The molecule has 0 aromatic rings. The Morgan fingerprint density at radius 3 is 2.59 bits per heavy atom. The van der Waals surface area contributed by atoms with Crippen LogP contribution in [0, 0.1) is 11.8 Å². The van der Waals surface area contributed by atoms with Gasteiger partial charge in [-0.3, -0.25) is 0 Å². The lowest BCUT2D eigenvalue weighted by Gasteiger charge is -2.09. The Bertz CT molecular complexity index is 322. The van der Waals surface area contributed by atoms with E-state index in [4.69, 9.17) is 9.47 Å². The van der Waals surface area contributed by atoms with Crippen molar-refractivity contribution in [2.75, 3.05) is 6.61 Å². The van der Waals surface area contributed by atoms with E-state index in [1.54, 1.807) is 20.8 Å². The van der Waals surface area contributed by atoms with Crippen LogP contribution in [0.2, 0.25) is 0 Å². The number of aliphatic hydroxyl groups excluding tert-OH is 1. The van der Waals surface area contributed by atoms with Gasteiger partial charge in [0.15, 0.2) is 6.10 Å². The van der Waals surface area contributed by atoms with Gasteiger partial charge in [-0.15, -0.1) is 0 Å². The summed E-state index contributed by atoms with van der Waals surface area (Å²) >= 11 is 0. The highest BCUT2D eigenvalue weighted by Gasteiger charge is 2.03. The van der Waals surface area contributed by atoms with Crippen LogP contribution >= 0.6 is 0 Å². The molecule has 2 atom stereocenters. The third-order valence-electron chi connectivity index (χ3n) is 1.81. The molecule has 0 fully saturated rings. The number of allylic oxidation sites excluding steroid dienone is 1. The molecule has 0 rings (SSSR count). The molecule has 0 aliphatic carbocycles. The van der Waals surface area contributed by atoms with Crippen molar-refractivity contribution in [1.29, 1.82) is 0 Å². The first-order valence-corrected chi connectivity index (χ1v) is 5.70. The van der Waals surface area contributed by atoms with Crippen molar-refractivity contribution in [1.82, 2.24) is 0 Å². The second-order valence-corrected chi connectivity index (χ2v) is 3.48. The van der Waals surface area contributed by atoms with E-state index in [1.165, 1.54) is 6.08 Å². The molecule has 2 unspecified atom stereocenters. The van der Waals surface area contributed by atoms with Crippen molar-refractivity contribution in [2.45, 2.75) is 46.3 Å². The number of aliphatic hydroxyl groups is 1. The van der Waals surface area contributed by atoms with Crippen molar-refractivity contribution in [3.63, 3.8) is 0 Å². The van der Waals surface area contributed by atoms with Gasteiger partial charge in [-0.1, -0.05) is 18.8 Å². The second-order valence-electron chi connectivity index (χ2n) is 3.48. The highest BCUT2D eigenvalue weighted by Crippen LogP contribution is 2.02. The summed E-state index contributed by atoms with van der Waals surface area (Å²) in [5.74, 6) is 5.42. The summed E-state index contributed by atoms with van der Waals surface area (Å²) in [5, 5.41) is 9.24. The van der Waals surface area contributed by atoms with Crippen LogP contribution in [0.1, 0.15) is 34.1 Å². The van der Waals surface area contributed by atoms with Gasteiger partial charge in [0.1, 0.15) is 11.9 Å². The van der Waals surface area contributed by atoms with Gasteiger partial charge in [0.2, 0.25) is 0 Å². The SMILES string of the molecule is CCOC(=O)/C=C(\C)OC(C)C#CC(O)CC. The Kier molecular flexibility index (Phi) is 7.91. The normalized spacial score (nSPS) is 14.3. The molecule has 0 amide bonds. The fourth-order valence-corrected chi connectivity index (χ4v) is 1.01. The summed E-state index contributed by atoms with van der Waals surface area (Å²) in [6.45, 7) is 7.32. The molecule has 0 aromatic carbocycles. The number of carbonyl (C=O) groups is 1. The third kappa shape index (κ3) is 8.35. The molecule has 0 radical (unpaired) electrons. The van der Waals surface area contributed by atoms with Gasteiger partial charge in [-0.2, -0.15) is 0 Å². The predicted molar refractivity (Wildman–Crippen MR) is 65.0 cm³/mol. The van der Waals surface area contributed by atoms with Crippen LogP contribution in [0.3, 0.4) is 0 Å². The van der Waals surface area contributed by atoms with Crippen molar-refractivity contribution < 1.29 is 19.4 Å². The van der Waals surface area contributed by atoms with Gasteiger partial charge < -0.3 is 14.6 Å². The van der Waals surface area contributed by atoms with Crippen molar-refractivity contribution in [3.8, 4) is 11.8 Å². The highest BCUT2D eigenvalue weighted by molar-refractivity contribution is 5.82. The van der Waals surface area contributed by atoms with Crippen LogP contribution in [-0.2, 0) is 14.3 Å². The first kappa shape index (κ1) is 15.5. The van der Waals surface area contributed by atoms with Crippen molar-refractivity contribution >= 4 is 5.97 Å². The molecule has 17 heavy (non-hydrogen) atoms. The largest absolute Gasteiger partial charge is 0.482 e. The lowest BCUT2D eigenvalue weighted by atomic mass is 10.2. The minimum absolute atomic E-state index is 0.334. The average molecular weight is 240 g/mol. The van der Waals surface area contributed by atoms with Crippen LogP contribution < -0.4 is 0 Å². The number of carbonyl (C=O) groups excluding carboxylic acids is 1. The topological polar surface area (TPSA) is 55.8 Å². The zero-order chi connectivity index (χ0) is 13.3. The van der Waals surface area contributed by atoms with Crippen molar-refractivity contribution in [3.05, 3.63) is 11.8 Å². The van der Waals surface area contributed by atoms with Crippen LogP contribution in [0.25, 0.3) is 0 Å². The summed E-state index contributed by atoms with van der Waals surface area (Å²) in [6.07, 6.45) is 0.854. The Labute approximate surface area is 103 Å². The van der Waals surface area contributed by atoms with Gasteiger partial charge >= 0.3 is 5.97 Å². The first-order chi connectivity index (χ1) is 7.99. The molecule has 1 N–H and O–H groups in total. The highest BCUT2D eigenvalue weighted by atomic mass is 16.5. The smallest absolute Gasteiger partial charge is 0.334 e. The molecular weight excluding hydrogens is 220 g/mol. The molecule has 0 bridgehead atoms. The molecule has 0 saturated carbocycles. The van der Waals surface area contributed by atoms with E-state index >= 15 is 0 Å². The minimum atomic E-state index is -0.629. The van der Waals surface area contributed by atoms with Crippen LogP contribution in [0.15, 0.2) is 11.8 Å². The predicted octanol–water partition coefficient (Wildman–Crippen LogP) is 1.63. The van der Waals surface area contributed by atoms with E-state index in [0.29, 0.717) is 18.8 Å². The maximum absolute atomic E-state index is 11.1. The van der Waals surface area contributed by atoms with Gasteiger partial charge in [-0.25, -0.2) is 4.79 Å². The lowest BCUT2D eigenvalue weighted by Crippen LogP contribution is -2.08. The Hall–Kier alpha value is -1.47. The van der Waals surface area contributed by atoms with Gasteiger partial charge in [0.05, 0.1) is 12.7 Å². The van der Waals surface area contributed by atoms with E-state index in [-0.39, 0.29) is 6.10 Å². The molecule has 4 heteroatoms. The van der Waals surface area contributed by atoms with Crippen LogP contribution in [0.5, 0.6) is 0 Å².